The van der Waals surface area contributed by atoms with E-state index in [-0.39, 0.29) is 0 Å². The Bertz CT molecular complexity index is 901. The second-order valence-corrected chi connectivity index (χ2v) is 7.05. The lowest BCUT2D eigenvalue weighted by Gasteiger charge is -2.21. The molecule has 0 saturated heterocycles. The lowest BCUT2D eigenvalue weighted by molar-refractivity contribution is 0.351. The molecule has 6 nitrogen and oxygen atoms in total. The molecule has 0 aliphatic carbocycles. The molecule has 0 unspecified atom stereocenters. The van der Waals surface area contributed by atoms with Crippen LogP contribution in [0.3, 0.4) is 0 Å². The Hall–Kier alpha value is -2.80. The summed E-state index contributed by atoms with van der Waals surface area (Å²) in [7, 11) is 3.32. The maximum absolute atomic E-state index is 5.51. The van der Waals surface area contributed by atoms with Crippen molar-refractivity contribution in [2.24, 2.45) is 0 Å². The SMILES string of the molecule is COc1cccc(CCc2nnc(C3=CC=C4NC=CN4C3)s2)c1OC. The van der Waals surface area contributed by atoms with Gasteiger partial charge in [-0.15, -0.1) is 10.2 Å². The quantitative estimate of drug-likeness (QED) is 0.846. The zero-order chi connectivity index (χ0) is 17.9. The van der Waals surface area contributed by atoms with Gasteiger partial charge in [0.25, 0.3) is 0 Å². The van der Waals surface area contributed by atoms with Crippen molar-refractivity contribution in [1.82, 2.24) is 20.4 Å². The van der Waals surface area contributed by atoms with Crippen LogP contribution in [-0.4, -0.2) is 35.9 Å². The topological polar surface area (TPSA) is 59.5 Å². The highest BCUT2D eigenvalue weighted by Gasteiger charge is 2.19. The number of rotatable bonds is 6. The van der Waals surface area contributed by atoms with Gasteiger partial charge in [0.2, 0.25) is 0 Å². The van der Waals surface area contributed by atoms with E-state index in [2.05, 4.69) is 38.6 Å². The molecule has 2 aliphatic heterocycles. The van der Waals surface area contributed by atoms with Crippen LogP contribution in [0.5, 0.6) is 11.5 Å². The van der Waals surface area contributed by atoms with E-state index >= 15 is 0 Å². The van der Waals surface area contributed by atoms with Crippen LogP contribution in [0, 0.1) is 0 Å². The predicted molar refractivity (Wildman–Crippen MR) is 102 cm³/mol. The molecule has 0 amide bonds. The van der Waals surface area contributed by atoms with Crippen molar-refractivity contribution >= 4 is 16.9 Å². The molecule has 3 heterocycles. The molecule has 1 aromatic carbocycles. The number of aromatic nitrogens is 2. The lowest BCUT2D eigenvalue weighted by Crippen LogP contribution is -2.22. The van der Waals surface area contributed by atoms with E-state index in [1.165, 1.54) is 5.57 Å². The number of hydrogen-bond acceptors (Lipinski definition) is 7. The maximum atomic E-state index is 5.51. The monoisotopic (exact) mass is 368 g/mol. The molecular weight excluding hydrogens is 348 g/mol. The zero-order valence-electron chi connectivity index (χ0n) is 14.7. The second kappa shape index (κ2) is 7.21. The van der Waals surface area contributed by atoms with Crippen molar-refractivity contribution in [1.29, 1.82) is 0 Å². The van der Waals surface area contributed by atoms with Crippen molar-refractivity contribution in [3.05, 3.63) is 64.2 Å². The summed E-state index contributed by atoms with van der Waals surface area (Å²) in [5.41, 5.74) is 2.30. The third kappa shape index (κ3) is 3.17. The minimum Gasteiger partial charge on any atom is -0.493 e. The van der Waals surface area contributed by atoms with Crippen molar-refractivity contribution in [2.75, 3.05) is 20.8 Å². The van der Waals surface area contributed by atoms with E-state index in [1.807, 2.05) is 24.5 Å². The Morgan fingerprint density at radius 3 is 2.92 bits per heavy atom. The number of hydrogen-bond donors (Lipinski definition) is 1. The fourth-order valence-corrected chi connectivity index (χ4v) is 3.94. The summed E-state index contributed by atoms with van der Waals surface area (Å²) in [5, 5.41) is 14.0. The average molecular weight is 368 g/mol. The van der Waals surface area contributed by atoms with Crippen LogP contribution in [0.1, 0.15) is 15.6 Å². The van der Waals surface area contributed by atoms with Crippen LogP contribution in [0.15, 0.2) is 48.6 Å². The van der Waals surface area contributed by atoms with E-state index in [1.54, 1.807) is 25.6 Å². The van der Waals surface area contributed by atoms with Gasteiger partial charge in [0, 0.05) is 24.4 Å². The molecular formula is C19H20N4O2S. The Morgan fingerprint density at radius 2 is 2.08 bits per heavy atom. The minimum absolute atomic E-state index is 0.755. The molecule has 4 rings (SSSR count). The Balaban J connectivity index is 1.46. The van der Waals surface area contributed by atoms with Gasteiger partial charge in [-0.05, 0) is 24.1 Å². The molecule has 0 spiro atoms. The number of methoxy groups -OCH3 is 2. The summed E-state index contributed by atoms with van der Waals surface area (Å²) in [6, 6.07) is 5.95. The number of ether oxygens (including phenoxy) is 2. The number of fused-ring (bicyclic) bond motifs is 1. The molecule has 0 fully saturated rings. The minimum atomic E-state index is 0.755. The van der Waals surface area contributed by atoms with Gasteiger partial charge in [0.1, 0.15) is 15.8 Å². The molecule has 1 aromatic heterocycles. The molecule has 7 heteroatoms. The molecule has 2 aromatic rings. The van der Waals surface area contributed by atoms with Gasteiger partial charge in [0.05, 0.1) is 20.8 Å². The molecule has 0 radical (unpaired) electrons. The Kier molecular flexibility index (Phi) is 4.62. The van der Waals surface area contributed by atoms with E-state index in [0.717, 1.165) is 52.3 Å². The Labute approximate surface area is 156 Å². The number of aryl methyl sites for hydroxylation is 2. The fourth-order valence-electron chi connectivity index (χ4n) is 3.09. The first-order chi connectivity index (χ1) is 12.8. The summed E-state index contributed by atoms with van der Waals surface area (Å²) < 4.78 is 10.9. The molecule has 0 bridgehead atoms. The van der Waals surface area contributed by atoms with Crippen LogP contribution in [0.4, 0.5) is 0 Å². The van der Waals surface area contributed by atoms with Crippen LogP contribution in [-0.2, 0) is 12.8 Å². The number of nitrogens with one attached hydrogen (secondary N) is 1. The molecule has 1 N–H and O–H groups in total. The summed E-state index contributed by atoms with van der Waals surface area (Å²) in [6.07, 6.45) is 9.81. The second-order valence-electron chi connectivity index (χ2n) is 5.99. The Morgan fingerprint density at radius 1 is 1.15 bits per heavy atom. The smallest absolute Gasteiger partial charge is 0.163 e. The first-order valence-electron chi connectivity index (χ1n) is 8.42. The zero-order valence-corrected chi connectivity index (χ0v) is 15.5. The number of benzene rings is 1. The highest BCUT2D eigenvalue weighted by molar-refractivity contribution is 7.12. The first kappa shape index (κ1) is 16.7. The standard InChI is InChI=1S/C19H20N4O2S/c1-24-15-5-3-4-13(18(15)25-2)7-9-17-21-22-19(26-17)14-6-8-16-20-10-11-23(16)12-14/h3-6,8,10-11,20H,7,9,12H2,1-2H3. The van der Waals surface area contributed by atoms with Crippen molar-refractivity contribution in [3.63, 3.8) is 0 Å². The largest absolute Gasteiger partial charge is 0.493 e. The molecule has 26 heavy (non-hydrogen) atoms. The average Bonchev–Trinajstić information content (AvgIpc) is 3.34. The molecule has 0 saturated carbocycles. The van der Waals surface area contributed by atoms with Gasteiger partial charge in [-0.2, -0.15) is 0 Å². The van der Waals surface area contributed by atoms with Gasteiger partial charge >= 0.3 is 0 Å². The number of nitrogens with zero attached hydrogens (tertiary/aromatic N) is 3. The lowest BCUT2D eigenvalue weighted by atomic mass is 10.1. The van der Waals surface area contributed by atoms with Gasteiger partial charge in [-0.3, -0.25) is 0 Å². The van der Waals surface area contributed by atoms with Gasteiger partial charge in [0.15, 0.2) is 11.5 Å². The van der Waals surface area contributed by atoms with E-state index in [0.29, 0.717) is 0 Å². The van der Waals surface area contributed by atoms with Crippen molar-refractivity contribution in [2.45, 2.75) is 12.8 Å². The highest BCUT2D eigenvalue weighted by Crippen LogP contribution is 2.32. The van der Waals surface area contributed by atoms with E-state index < -0.39 is 0 Å². The summed E-state index contributed by atoms with van der Waals surface area (Å²) >= 11 is 1.65. The maximum Gasteiger partial charge on any atom is 0.163 e. The highest BCUT2D eigenvalue weighted by atomic mass is 32.1. The van der Waals surface area contributed by atoms with Gasteiger partial charge in [-0.25, -0.2) is 0 Å². The molecule has 0 atom stereocenters. The van der Waals surface area contributed by atoms with Gasteiger partial charge in [-0.1, -0.05) is 29.5 Å². The predicted octanol–water partition coefficient (Wildman–Crippen LogP) is 2.96. The normalized spacial score (nSPS) is 15.2. The van der Waals surface area contributed by atoms with E-state index in [4.69, 9.17) is 9.47 Å². The van der Waals surface area contributed by atoms with Crippen LogP contribution >= 0.6 is 11.3 Å². The fraction of sp³-hybridized carbons (Fsp3) is 0.263. The summed E-state index contributed by atoms with van der Waals surface area (Å²) in [6.45, 7) is 0.813. The summed E-state index contributed by atoms with van der Waals surface area (Å²) in [4.78, 5) is 2.16. The van der Waals surface area contributed by atoms with Crippen LogP contribution in [0.2, 0.25) is 0 Å². The van der Waals surface area contributed by atoms with Crippen LogP contribution < -0.4 is 14.8 Å². The molecule has 2 aliphatic rings. The van der Waals surface area contributed by atoms with E-state index in [9.17, 15) is 0 Å². The van der Waals surface area contributed by atoms with Crippen molar-refractivity contribution < 1.29 is 9.47 Å². The third-order valence-electron chi connectivity index (χ3n) is 4.41. The summed E-state index contributed by atoms with van der Waals surface area (Å²) in [5.74, 6) is 2.65. The number of allylic oxidation sites excluding steroid dienone is 2. The first-order valence-corrected chi connectivity index (χ1v) is 9.23. The number of para-hydroxylation sites is 1. The van der Waals surface area contributed by atoms with Gasteiger partial charge < -0.3 is 19.7 Å². The third-order valence-corrected chi connectivity index (χ3v) is 5.47. The van der Waals surface area contributed by atoms with Crippen LogP contribution in [0.25, 0.3) is 5.57 Å². The van der Waals surface area contributed by atoms with Crippen molar-refractivity contribution in [3.8, 4) is 11.5 Å². The molecule has 134 valence electrons.